The number of aromatic nitrogens is 3. The van der Waals surface area contributed by atoms with E-state index in [1.807, 2.05) is 0 Å². The van der Waals surface area contributed by atoms with E-state index in [1.54, 1.807) is 0 Å². The van der Waals surface area contributed by atoms with Gasteiger partial charge in [-0.1, -0.05) is 20.3 Å². The first kappa shape index (κ1) is 12.6. The molecule has 4 heteroatoms. The second-order valence-electron chi connectivity index (χ2n) is 5.29. The van der Waals surface area contributed by atoms with Crippen LogP contribution in [-0.4, -0.2) is 20.8 Å². The predicted octanol–water partition coefficient (Wildman–Crippen LogP) is 2.31. The van der Waals surface area contributed by atoms with Crippen LogP contribution in [0.5, 0.6) is 0 Å². The summed E-state index contributed by atoms with van der Waals surface area (Å²) in [6.07, 6.45) is 3.50. The van der Waals surface area contributed by atoms with Gasteiger partial charge in [0, 0.05) is 19.0 Å². The normalized spacial score (nSPS) is 20.0. The zero-order valence-corrected chi connectivity index (χ0v) is 11.4. The fourth-order valence-corrected chi connectivity index (χ4v) is 2.48. The van der Waals surface area contributed by atoms with Crippen molar-refractivity contribution in [3.05, 3.63) is 11.6 Å². The second-order valence-corrected chi connectivity index (χ2v) is 5.29. The Morgan fingerprint density at radius 2 is 2.06 bits per heavy atom. The van der Waals surface area contributed by atoms with Crippen LogP contribution in [0.1, 0.15) is 58.2 Å². The molecular weight excluding hydrogens is 212 g/mol. The number of rotatable bonds is 5. The second kappa shape index (κ2) is 5.17. The lowest BCUT2D eigenvalue weighted by atomic mass is 10.0. The number of hydrogen-bond donors (Lipinski definition) is 1. The summed E-state index contributed by atoms with van der Waals surface area (Å²) in [5.74, 6) is 2.95. The molecule has 1 aromatic rings. The molecule has 96 valence electrons. The molecule has 1 N–H and O–H groups in total. The Bertz CT molecular complexity index is 371. The van der Waals surface area contributed by atoms with Crippen LogP contribution in [0.25, 0.3) is 0 Å². The van der Waals surface area contributed by atoms with Crippen LogP contribution in [0.4, 0.5) is 0 Å². The molecule has 2 rings (SSSR count). The summed E-state index contributed by atoms with van der Waals surface area (Å²) in [6, 6.07) is 0.808. The lowest BCUT2D eigenvalue weighted by Gasteiger charge is -2.24. The molecule has 2 heterocycles. The van der Waals surface area contributed by atoms with Crippen molar-refractivity contribution in [3.63, 3.8) is 0 Å². The molecule has 1 aliphatic rings. The molecule has 17 heavy (non-hydrogen) atoms. The molecule has 0 saturated heterocycles. The quantitative estimate of drug-likeness (QED) is 0.853. The van der Waals surface area contributed by atoms with Crippen molar-refractivity contribution in [1.82, 2.24) is 20.1 Å². The maximum Gasteiger partial charge on any atom is 0.149 e. The minimum Gasteiger partial charge on any atom is -0.314 e. The summed E-state index contributed by atoms with van der Waals surface area (Å²) in [4.78, 5) is 0. The molecule has 1 aromatic heterocycles. The van der Waals surface area contributed by atoms with Crippen molar-refractivity contribution in [2.75, 3.05) is 0 Å². The number of hydrogen-bond acceptors (Lipinski definition) is 3. The molecule has 0 aliphatic carbocycles. The van der Waals surface area contributed by atoms with Crippen LogP contribution < -0.4 is 5.32 Å². The van der Waals surface area contributed by atoms with Crippen LogP contribution >= 0.6 is 0 Å². The van der Waals surface area contributed by atoms with Crippen molar-refractivity contribution in [1.29, 1.82) is 0 Å². The molecule has 0 radical (unpaired) electrons. The number of nitrogens with zero attached hydrogens (tertiary/aromatic N) is 3. The van der Waals surface area contributed by atoms with Gasteiger partial charge in [-0.05, 0) is 26.2 Å². The molecule has 0 saturated carbocycles. The van der Waals surface area contributed by atoms with Gasteiger partial charge >= 0.3 is 0 Å². The van der Waals surface area contributed by atoms with E-state index < -0.39 is 0 Å². The average Bonchev–Trinajstić information content (AvgIpc) is 2.88. The molecule has 3 atom stereocenters. The van der Waals surface area contributed by atoms with Gasteiger partial charge in [-0.25, -0.2) is 0 Å². The van der Waals surface area contributed by atoms with Crippen molar-refractivity contribution >= 4 is 0 Å². The Labute approximate surface area is 104 Å². The van der Waals surface area contributed by atoms with Gasteiger partial charge < -0.3 is 9.88 Å². The van der Waals surface area contributed by atoms with E-state index in [2.05, 4.69) is 47.8 Å². The molecular formula is C13H24N4. The van der Waals surface area contributed by atoms with Crippen LogP contribution in [0.15, 0.2) is 0 Å². The molecule has 3 unspecified atom stereocenters. The van der Waals surface area contributed by atoms with Crippen molar-refractivity contribution in [3.8, 4) is 0 Å². The molecule has 0 bridgehead atoms. The van der Waals surface area contributed by atoms with Crippen LogP contribution in [0, 0.1) is 5.92 Å². The Hall–Kier alpha value is -0.900. The Balaban J connectivity index is 2.02. The van der Waals surface area contributed by atoms with E-state index in [4.69, 9.17) is 0 Å². The average molecular weight is 236 g/mol. The molecule has 1 aliphatic heterocycles. The molecule has 4 nitrogen and oxygen atoms in total. The summed E-state index contributed by atoms with van der Waals surface area (Å²) in [6.45, 7) is 10.1. The van der Waals surface area contributed by atoms with Crippen molar-refractivity contribution in [2.45, 2.75) is 65.6 Å². The highest BCUT2D eigenvalue weighted by Gasteiger charge is 2.22. The van der Waals surface area contributed by atoms with E-state index >= 15 is 0 Å². The maximum atomic E-state index is 4.33. The van der Waals surface area contributed by atoms with E-state index in [-0.39, 0.29) is 0 Å². The third-order valence-electron chi connectivity index (χ3n) is 4.04. The van der Waals surface area contributed by atoms with Gasteiger partial charge in [0.2, 0.25) is 0 Å². The standard InChI is InChI=1S/C13H24N4/c1-5-9(2)10(3)14-11(4)13-16-15-12-7-6-8-17(12)13/h9-11,14H,5-8H2,1-4H3. The summed E-state index contributed by atoms with van der Waals surface area (Å²) < 4.78 is 2.28. The summed E-state index contributed by atoms with van der Waals surface area (Å²) in [5.41, 5.74) is 0. The third kappa shape index (κ3) is 2.51. The number of fused-ring (bicyclic) bond motifs is 1. The van der Waals surface area contributed by atoms with Gasteiger partial charge in [-0.15, -0.1) is 10.2 Å². The van der Waals surface area contributed by atoms with E-state index in [0.717, 1.165) is 24.6 Å². The van der Waals surface area contributed by atoms with Crippen LogP contribution in [-0.2, 0) is 13.0 Å². The van der Waals surface area contributed by atoms with Gasteiger partial charge in [0.1, 0.15) is 11.6 Å². The smallest absolute Gasteiger partial charge is 0.149 e. The highest BCUT2D eigenvalue weighted by Crippen LogP contribution is 2.20. The van der Waals surface area contributed by atoms with Crippen molar-refractivity contribution in [2.24, 2.45) is 5.92 Å². The van der Waals surface area contributed by atoms with Gasteiger partial charge in [-0.3, -0.25) is 0 Å². The fraction of sp³-hybridized carbons (Fsp3) is 0.846. The zero-order chi connectivity index (χ0) is 12.4. The topological polar surface area (TPSA) is 42.7 Å². The predicted molar refractivity (Wildman–Crippen MR) is 68.8 cm³/mol. The van der Waals surface area contributed by atoms with E-state index in [0.29, 0.717) is 18.0 Å². The Morgan fingerprint density at radius 3 is 2.76 bits per heavy atom. The highest BCUT2D eigenvalue weighted by molar-refractivity contribution is 5.04. The zero-order valence-electron chi connectivity index (χ0n) is 11.4. The van der Waals surface area contributed by atoms with Gasteiger partial charge in [0.15, 0.2) is 0 Å². The highest BCUT2D eigenvalue weighted by atomic mass is 15.3. The first-order chi connectivity index (χ1) is 8.13. The largest absolute Gasteiger partial charge is 0.314 e. The summed E-state index contributed by atoms with van der Waals surface area (Å²) >= 11 is 0. The lowest BCUT2D eigenvalue weighted by Crippen LogP contribution is -2.35. The molecule has 0 aromatic carbocycles. The first-order valence-electron chi connectivity index (χ1n) is 6.81. The minimum atomic E-state index is 0.290. The van der Waals surface area contributed by atoms with Gasteiger partial charge in [0.25, 0.3) is 0 Å². The van der Waals surface area contributed by atoms with Gasteiger partial charge in [-0.2, -0.15) is 0 Å². The van der Waals surface area contributed by atoms with Gasteiger partial charge in [0.05, 0.1) is 6.04 Å². The van der Waals surface area contributed by atoms with Crippen LogP contribution in [0.3, 0.4) is 0 Å². The van der Waals surface area contributed by atoms with E-state index in [1.165, 1.54) is 12.8 Å². The third-order valence-corrected chi connectivity index (χ3v) is 4.04. The summed E-state index contributed by atoms with van der Waals surface area (Å²) in [5, 5.41) is 12.2. The summed E-state index contributed by atoms with van der Waals surface area (Å²) in [7, 11) is 0. The monoisotopic (exact) mass is 236 g/mol. The number of nitrogens with one attached hydrogen (secondary N) is 1. The van der Waals surface area contributed by atoms with E-state index in [9.17, 15) is 0 Å². The fourth-order valence-electron chi connectivity index (χ4n) is 2.48. The Morgan fingerprint density at radius 1 is 1.29 bits per heavy atom. The van der Waals surface area contributed by atoms with Crippen LogP contribution in [0.2, 0.25) is 0 Å². The first-order valence-corrected chi connectivity index (χ1v) is 6.81. The molecule has 0 spiro atoms. The van der Waals surface area contributed by atoms with Crippen molar-refractivity contribution < 1.29 is 0 Å². The Kier molecular flexibility index (Phi) is 3.82. The molecule has 0 amide bonds. The minimum absolute atomic E-state index is 0.290. The molecule has 0 fully saturated rings. The SMILES string of the molecule is CCC(C)C(C)NC(C)c1nnc2n1CCC2. The maximum absolute atomic E-state index is 4.33. The number of aryl methyl sites for hydroxylation is 1. The lowest BCUT2D eigenvalue weighted by molar-refractivity contribution is 0.349.